The van der Waals surface area contributed by atoms with Gasteiger partial charge in [0.1, 0.15) is 6.04 Å². The summed E-state index contributed by atoms with van der Waals surface area (Å²) in [5.74, 6) is 0.0318. The highest BCUT2D eigenvalue weighted by Gasteiger charge is 2.33. The first-order valence-corrected chi connectivity index (χ1v) is 6.22. The molecule has 1 fully saturated rings. The van der Waals surface area contributed by atoms with Gasteiger partial charge in [-0.2, -0.15) is 0 Å². The van der Waals surface area contributed by atoms with Crippen LogP contribution in [0, 0.1) is 5.92 Å². The predicted octanol–water partition coefficient (Wildman–Crippen LogP) is 0.396. The zero-order valence-corrected chi connectivity index (χ0v) is 10.9. The molecule has 0 spiro atoms. The summed E-state index contributed by atoms with van der Waals surface area (Å²) in [6, 6.07) is -0.387. The maximum Gasteiger partial charge on any atom is 0.245 e. The third-order valence-corrected chi connectivity index (χ3v) is 2.75. The molecular formula is C12H22N2O3. The summed E-state index contributed by atoms with van der Waals surface area (Å²) in [4.78, 5) is 25.1. The van der Waals surface area contributed by atoms with Crippen molar-refractivity contribution < 1.29 is 14.3 Å². The van der Waals surface area contributed by atoms with E-state index in [0.717, 1.165) is 6.42 Å². The molecule has 0 aromatic rings. The van der Waals surface area contributed by atoms with Crippen LogP contribution >= 0.6 is 0 Å². The lowest BCUT2D eigenvalue weighted by atomic mass is 10.0. The quantitative estimate of drug-likeness (QED) is 0.686. The summed E-state index contributed by atoms with van der Waals surface area (Å²) in [5, 5.41) is 2.73. The van der Waals surface area contributed by atoms with Gasteiger partial charge in [0.05, 0.1) is 13.2 Å². The molecule has 1 aliphatic rings. The van der Waals surface area contributed by atoms with Gasteiger partial charge >= 0.3 is 0 Å². The summed E-state index contributed by atoms with van der Waals surface area (Å²) >= 11 is 0. The Labute approximate surface area is 102 Å². The second kappa shape index (κ2) is 6.59. The van der Waals surface area contributed by atoms with Gasteiger partial charge in [0.25, 0.3) is 0 Å². The summed E-state index contributed by atoms with van der Waals surface area (Å²) in [7, 11) is 0. The molecule has 17 heavy (non-hydrogen) atoms. The van der Waals surface area contributed by atoms with E-state index in [9.17, 15) is 9.59 Å². The number of rotatable bonds is 6. The zero-order valence-electron chi connectivity index (χ0n) is 10.9. The maximum absolute atomic E-state index is 12.0. The topological polar surface area (TPSA) is 58.6 Å². The minimum absolute atomic E-state index is 0.000279. The number of nitrogens with zero attached hydrogens (tertiary/aromatic N) is 1. The molecule has 0 saturated carbocycles. The Hall–Kier alpha value is -1.10. The fourth-order valence-corrected chi connectivity index (χ4v) is 1.79. The highest BCUT2D eigenvalue weighted by atomic mass is 16.5. The highest BCUT2D eigenvalue weighted by Crippen LogP contribution is 2.10. The van der Waals surface area contributed by atoms with Crippen molar-refractivity contribution in [2.75, 3.05) is 26.3 Å². The minimum Gasteiger partial charge on any atom is -0.380 e. The number of carbonyl (C=O) groups excluding carboxylic acids is 2. The molecule has 1 atom stereocenters. The Morgan fingerprint density at radius 2 is 2.12 bits per heavy atom. The van der Waals surface area contributed by atoms with E-state index < -0.39 is 0 Å². The first-order chi connectivity index (χ1) is 8.06. The number of nitrogens with one attached hydrogen (secondary N) is 1. The van der Waals surface area contributed by atoms with Crippen LogP contribution in [0.5, 0.6) is 0 Å². The van der Waals surface area contributed by atoms with Crippen LogP contribution in [0.3, 0.4) is 0 Å². The molecule has 1 heterocycles. The second-order valence-corrected chi connectivity index (χ2v) is 4.66. The summed E-state index contributed by atoms with van der Waals surface area (Å²) < 4.78 is 5.34. The zero-order chi connectivity index (χ0) is 12.8. The molecule has 5 nitrogen and oxygen atoms in total. The average molecular weight is 242 g/mol. The standard InChI is InChI=1S/C12H22N2O3/c1-4-6-17-7-5-14-8-10(15)13-11(9(2)3)12(14)16/h9,11H,4-8H2,1-3H3,(H,13,15). The van der Waals surface area contributed by atoms with E-state index in [1.54, 1.807) is 4.90 Å². The number of hydrogen-bond donors (Lipinski definition) is 1. The lowest BCUT2D eigenvalue weighted by molar-refractivity contribution is -0.146. The van der Waals surface area contributed by atoms with Crippen molar-refractivity contribution in [1.29, 1.82) is 0 Å². The fraction of sp³-hybridized carbons (Fsp3) is 0.833. The van der Waals surface area contributed by atoms with E-state index in [2.05, 4.69) is 5.32 Å². The van der Waals surface area contributed by atoms with E-state index >= 15 is 0 Å². The molecule has 1 unspecified atom stereocenters. The van der Waals surface area contributed by atoms with Crippen molar-refractivity contribution in [3.63, 3.8) is 0 Å². The molecule has 2 amide bonds. The van der Waals surface area contributed by atoms with Gasteiger partial charge in [-0.3, -0.25) is 9.59 Å². The smallest absolute Gasteiger partial charge is 0.245 e. The van der Waals surface area contributed by atoms with Crippen LogP contribution in [0.4, 0.5) is 0 Å². The molecule has 0 bridgehead atoms. The van der Waals surface area contributed by atoms with E-state index in [1.807, 2.05) is 20.8 Å². The van der Waals surface area contributed by atoms with Gasteiger partial charge in [0.15, 0.2) is 0 Å². The van der Waals surface area contributed by atoms with Crippen LogP contribution in [0.25, 0.3) is 0 Å². The highest BCUT2D eigenvalue weighted by molar-refractivity contribution is 5.94. The summed E-state index contributed by atoms with van der Waals surface area (Å²) in [6.07, 6.45) is 0.961. The molecule has 1 saturated heterocycles. The average Bonchev–Trinajstić information content (AvgIpc) is 2.28. The Morgan fingerprint density at radius 1 is 1.41 bits per heavy atom. The monoisotopic (exact) mass is 242 g/mol. The lowest BCUT2D eigenvalue weighted by Crippen LogP contribution is -2.60. The lowest BCUT2D eigenvalue weighted by Gasteiger charge is -2.34. The first kappa shape index (κ1) is 14.0. The Morgan fingerprint density at radius 3 is 2.71 bits per heavy atom. The molecule has 1 aliphatic heterocycles. The van der Waals surface area contributed by atoms with Crippen molar-refractivity contribution in [1.82, 2.24) is 10.2 Å². The van der Waals surface area contributed by atoms with Gasteiger partial charge in [0, 0.05) is 13.2 Å². The van der Waals surface area contributed by atoms with Crippen LogP contribution in [-0.4, -0.2) is 49.1 Å². The summed E-state index contributed by atoms with van der Waals surface area (Å²) in [5.41, 5.74) is 0. The van der Waals surface area contributed by atoms with Gasteiger partial charge < -0.3 is 15.0 Å². The Kier molecular flexibility index (Phi) is 5.41. The fourth-order valence-electron chi connectivity index (χ4n) is 1.79. The van der Waals surface area contributed by atoms with Crippen molar-refractivity contribution >= 4 is 11.8 Å². The van der Waals surface area contributed by atoms with Crippen molar-refractivity contribution in [3.8, 4) is 0 Å². The van der Waals surface area contributed by atoms with Crippen LogP contribution in [0.15, 0.2) is 0 Å². The number of hydrogen-bond acceptors (Lipinski definition) is 3. The second-order valence-electron chi connectivity index (χ2n) is 4.66. The van der Waals surface area contributed by atoms with E-state index in [4.69, 9.17) is 4.74 Å². The van der Waals surface area contributed by atoms with Gasteiger partial charge in [-0.05, 0) is 12.3 Å². The number of ether oxygens (including phenoxy) is 1. The number of carbonyl (C=O) groups is 2. The largest absolute Gasteiger partial charge is 0.380 e. The Balaban J connectivity index is 2.47. The molecule has 98 valence electrons. The van der Waals surface area contributed by atoms with Crippen LogP contribution in [0.1, 0.15) is 27.2 Å². The molecule has 0 aromatic carbocycles. The van der Waals surface area contributed by atoms with E-state index in [-0.39, 0.29) is 30.3 Å². The normalized spacial score (nSPS) is 20.9. The van der Waals surface area contributed by atoms with Gasteiger partial charge in [-0.15, -0.1) is 0 Å². The third kappa shape index (κ3) is 4.00. The van der Waals surface area contributed by atoms with Crippen LogP contribution in [-0.2, 0) is 14.3 Å². The summed E-state index contributed by atoms with van der Waals surface area (Å²) in [6.45, 7) is 7.74. The van der Waals surface area contributed by atoms with Crippen molar-refractivity contribution in [2.24, 2.45) is 5.92 Å². The Bertz CT molecular complexity index is 279. The minimum atomic E-state index is -0.387. The molecule has 0 aliphatic carbocycles. The van der Waals surface area contributed by atoms with E-state index in [0.29, 0.717) is 19.8 Å². The van der Waals surface area contributed by atoms with Gasteiger partial charge in [-0.1, -0.05) is 20.8 Å². The van der Waals surface area contributed by atoms with E-state index in [1.165, 1.54) is 0 Å². The maximum atomic E-state index is 12.0. The first-order valence-electron chi connectivity index (χ1n) is 6.22. The van der Waals surface area contributed by atoms with Crippen LogP contribution < -0.4 is 5.32 Å². The van der Waals surface area contributed by atoms with Crippen molar-refractivity contribution in [2.45, 2.75) is 33.2 Å². The van der Waals surface area contributed by atoms with Gasteiger partial charge in [0.2, 0.25) is 11.8 Å². The molecule has 1 N–H and O–H groups in total. The number of piperazine rings is 1. The number of amides is 2. The van der Waals surface area contributed by atoms with Gasteiger partial charge in [-0.25, -0.2) is 0 Å². The van der Waals surface area contributed by atoms with Crippen molar-refractivity contribution in [3.05, 3.63) is 0 Å². The molecule has 1 rings (SSSR count). The predicted molar refractivity (Wildman–Crippen MR) is 64.5 cm³/mol. The molecule has 0 radical (unpaired) electrons. The molecule has 5 heteroatoms. The van der Waals surface area contributed by atoms with Crippen LogP contribution in [0.2, 0.25) is 0 Å². The SMILES string of the molecule is CCCOCCN1CC(=O)NC(C(C)C)C1=O. The third-order valence-electron chi connectivity index (χ3n) is 2.75. The molecular weight excluding hydrogens is 220 g/mol. The molecule has 0 aromatic heterocycles.